The molecule has 2 amide bonds. The fourth-order valence-electron chi connectivity index (χ4n) is 3.88. The van der Waals surface area contributed by atoms with Crippen LogP contribution in [0.5, 0.6) is 23.0 Å². The van der Waals surface area contributed by atoms with Crippen molar-refractivity contribution in [2.24, 2.45) is 0 Å². The van der Waals surface area contributed by atoms with E-state index in [0.29, 0.717) is 55.2 Å². The number of nitrogens with zero attached hydrogens (tertiary/aromatic N) is 1. The van der Waals surface area contributed by atoms with Gasteiger partial charge in [-0.05, 0) is 76.1 Å². The van der Waals surface area contributed by atoms with Crippen molar-refractivity contribution in [3.63, 3.8) is 0 Å². The molecule has 2 aliphatic rings. The molecule has 0 aromatic heterocycles. The molecule has 0 saturated carbocycles. The van der Waals surface area contributed by atoms with Crippen LogP contribution in [0.3, 0.4) is 0 Å². The molecule has 2 heterocycles. The Bertz CT molecular complexity index is 1460. The van der Waals surface area contributed by atoms with Gasteiger partial charge in [-0.15, -0.1) is 0 Å². The molecule has 1 saturated heterocycles. The van der Waals surface area contributed by atoms with Crippen LogP contribution in [0.2, 0.25) is 10.0 Å². The molecule has 2 aliphatic heterocycles. The number of carbonyl (C=O) groups is 2. The molecular formula is C27H20BrCl2NO6S. The first kappa shape index (κ1) is 26.7. The lowest BCUT2D eigenvalue weighted by Crippen LogP contribution is -2.27. The molecule has 0 atom stereocenters. The minimum atomic E-state index is -0.415. The second-order valence-corrected chi connectivity index (χ2v) is 10.9. The van der Waals surface area contributed by atoms with Crippen molar-refractivity contribution in [2.75, 3.05) is 13.4 Å². The summed E-state index contributed by atoms with van der Waals surface area (Å²) in [5.74, 6) is 1.64. The fraction of sp³-hybridized carbons (Fsp3) is 0.185. The van der Waals surface area contributed by atoms with Crippen molar-refractivity contribution >= 4 is 68.1 Å². The Morgan fingerprint density at radius 1 is 1.03 bits per heavy atom. The number of hydrogen-bond acceptors (Lipinski definition) is 7. The van der Waals surface area contributed by atoms with Gasteiger partial charge in [-0.25, -0.2) is 0 Å². The molecule has 1 fully saturated rings. The van der Waals surface area contributed by atoms with Gasteiger partial charge in [0.05, 0.1) is 22.5 Å². The third-order valence-corrected chi connectivity index (χ3v) is 7.92. The Morgan fingerprint density at radius 3 is 2.55 bits per heavy atom. The number of rotatable bonds is 8. The third kappa shape index (κ3) is 5.61. The first-order valence-electron chi connectivity index (χ1n) is 11.5. The van der Waals surface area contributed by atoms with Crippen molar-refractivity contribution < 1.29 is 28.5 Å². The van der Waals surface area contributed by atoms with Gasteiger partial charge in [0.15, 0.2) is 23.0 Å². The van der Waals surface area contributed by atoms with Crippen molar-refractivity contribution in [1.82, 2.24) is 4.90 Å². The number of fused-ring (bicyclic) bond motifs is 1. The van der Waals surface area contributed by atoms with E-state index in [2.05, 4.69) is 15.9 Å². The number of hydrogen-bond donors (Lipinski definition) is 0. The summed E-state index contributed by atoms with van der Waals surface area (Å²) in [5, 5.41) is 0.602. The Balaban J connectivity index is 1.37. The average molecular weight is 637 g/mol. The van der Waals surface area contributed by atoms with E-state index in [-0.39, 0.29) is 24.8 Å². The monoisotopic (exact) mass is 635 g/mol. The summed E-state index contributed by atoms with van der Waals surface area (Å²) >= 11 is 17.0. The van der Waals surface area contributed by atoms with E-state index in [9.17, 15) is 9.59 Å². The van der Waals surface area contributed by atoms with E-state index in [1.165, 1.54) is 0 Å². The predicted octanol–water partition coefficient (Wildman–Crippen LogP) is 7.70. The topological polar surface area (TPSA) is 74.3 Å². The molecule has 0 unspecified atom stereocenters. The number of ether oxygens (including phenoxy) is 4. The third-order valence-electron chi connectivity index (χ3n) is 5.70. The van der Waals surface area contributed by atoms with Crippen LogP contribution in [0.1, 0.15) is 23.6 Å². The van der Waals surface area contributed by atoms with Crippen molar-refractivity contribution in [1.29, 1.82) is 0 Å². The van der Waals surface area contributed by atoms with E-state index < -0.39 is 11.1 Å². The summed E-state index contributed by atoms with van der Waals surface area (Å²) in [6.45, 7) is 2.64. The number of thioether (sulfide) groups is 1. The quantitative estimate of drug-likeness (QED) is 0.235. The molecule has 3 aromatic rings. The Labute approximate surface area is 241 Å². The predicted molar refractivity (Wildman–Crippen MR) is 150 cm³/mol. The van der Waals surface area contributed by atoms with Crippen LogP contribution >= 0.6 is 50.9 Å². The summed E-state index contributed by atoms with van der Waals surface area (Å²) < 4.78 is 23.2. The molecule has 3 aromatic carbocycles. The zero-order valence-corrected chi connectivity index (χ0v) is 23.9. The lowest BCUT2D eigenvalue weighted by atomic mass is 10.1. The van der Waals surface area contributed by atoms with E-state index in [0.717, 1.165) is 22.2 Å². The molecule has 0 aliphatic carbocycles. The summed E-state index contributed by atoms with van der Waals surface area (Å²) in [6, 6.07) is 14.3. The fourth-order valence-corrected chi connectivity index (χ4v) is 5.69. The highest BCUT2D eigenvalue weighted by atomic mass is 79.9. The highest BCUT2D eigenvalue weighted by Crippen LogP contribution is 2.41. The molecular weight excluding hydrogens is 617 g/mol. The molecule has 5 rings (SSSR count). The van der Waals surface area contributed by atoms with Gasteiger partial charge in [0.25, 0.3) is 11.1 Å². The van der Waals surface area contributed by atoms with Crippen LogP contribution in [-0.2, 0) is 17.9 Å². The van der Waals surface area contributed by atoms with Crippen molar-refractivity contribution in [2.45, 2.75) is 20.1 Å². The van der Waals surface area contributed by atoms with Crippen LogP contribution in [0.25, 0.3) is 6.08 Å². The van der Waals surface area contributed by atoms with Crippen molar-refractivity contribution in [3.05, 3.63) is 84.6 Å². The van der Waals surface area contributed by atoms with Crippen LogP contribution < -0.4 is 18.9 Å². The molecule has 38 heavy (non-hydrogen) atoms. The molecule has 0 radical (unpaired) electrons. The first-order valence-corrected chi connectivity index (χ1v) is 13.9. The molecule has 0 spiro atoms. The van der Waals surface area contributed by atoms with Gasteiger partial charge in [-0.3, -0.25) is 14.5 Å². The Morgan fingerprint density at radius 2 is 1.79 bits per heavy atom. The smallest absolute Gasteiger partial charge is 0.293 e. The van der Waals surface area contributed by atoms with Gasteiger partial charge < -0.3 is 18.9 Å². The highest BCUT2D eigenvalue weighted by Gasteiger charge is 2.36. The van der Waals surface area contributed by atoms with E-state index in [4.69, 9.17) is 42.1 Å². The maximum absolute atomic E-state index is 13.2. The zero-order valence-electron chi connectivity index (χ0n) is 20.0. The van der Waals surface area contributed by atoms with Crippen LogP contribution in [0.15, 0.2) is 57.9 Å². The van der Waals surface area contributed by atoms with E-state index >= 15 is 0 Å². The molecule has 196 valence electrons. The standard InChI is InChI=1S/C27H20BrCl2NO6S/c1-2-34-23-8-15(7-18(28)25(23)35-13-16-5-3-4-6-19(16)29)9-24-26(32)31(27(33)38-24)12-17-10-21-22(11-20(17)30)37-14-36-21/h3-11H,2,12-14H2,1H3/b24-9-. The molecule has 0 N–H and O–H groups in total. The van der Waals surface area contributed by atoms with Gasteiger partial charge in [0, 0.05) is 21.7 Å². The number of carbonyl (C=O) groups excluding carboxylic acids is 2. The van der Waals surface area contributed by atoms with Crippen LogP contribution in [-0.4, -0.2) is 29.4 Å². The minimum absolute atomic E-state index is 0.0141. The Kier molecular flexibility index (Phi) is 8.09. The molecule has 11 heteroatoms. The van der Waals surface area contributed by atoms with E-state index in [1.54, 1.807) is 36.4 Å². The first-order chi connectivity index (χ1) is 18.3. The normalized spacial score (nSPS) is 15.5. The number of amides is 2. The number of imide groups is 1. The van der Waals surface area contributed by atoms with Gasteiger partial charge >= 0.3 is 0 Å². The van der Waals surface area contributed by atoms with Gasteiger partial charge in [-0.2, -0.15) is 0 Å². The maximum atomic E-state index is 13.2. The second-order valence-electron chi connectivity index (χ2n) is 8.21. The van der Waals surface area contributed by atoms with Gasteiger partial charge in [0.2, 0.25) is 6.79 Å². The second kappa shape index (κ2) is 11.5. The lowest BCUT2D eigenvalue weighted by Gasteiger charge is -2.15. The largest absolute Gasteiger partial charge is 0.490 e. The van der Waals surface area contributed by atoms with E-state index in [1.807, 2.05) is 25.1 Å². The summed E-state index contributed by atoms with van der Waals surface area (Å²) in [5.41, 5.74) is 2.08. The number of halogens is 3. The SMILES string of the molecule is CCOc1cc(/C=C2\SC(=O)N(Cc3cc4c(cc3Cl)OCO4)C2=O)cc(Br)c1OCc1ccccc1Cl. The number of benzene rings is 3. The molecule has 0 bridgehead atoms. The molecule has 7 nitrogen and oxygen atoms in total. The van der Waals surface area contributed by atoms with Crippen molar-refractivity contribution in [3.8, 4) is 23.0 Å². The van der Waals surface area contributed by atoms with Gasteiger partial charge in [0.1, 0.15) is 6.61 Å². The highest BCUT2D eigenvalue weighted by molar-refractivity contribution is 9.10. The van der Waals surface area contributed by atoms with Crippen LogP contribution in [0.4, 0.5) is 4.79 Å². The maximum Gasteiger partial charge on any atom is 0.293 e. The minimum Gasteiger partial charge on any atom is -0.490 e. The summed E-state index contributed by atoms with van der Waals surface area (Å²) in [4.78, 5) is 27.3. The van der Waals surface area contributed by atoms with Gasteiger partial charge in [-0.1, -0.05) is 41.4 Å². The summed E-state index contributed by atoms with van der Waals surface area (Å²) in [7, 11) is 0. The summed E-state index contributed by atoms with van der Waals surface area (Å²) in [6.07, 6.45) is 1.65. The zero-order chi connectivity index (χ0) is 26.8. The average Bonchev–Trinajstić information content (AvgIpc) is 3.44. The van der Waals surface area contributed by atoms with Crippen LogP contribution in [0, 0.1) is 0 Å². The Hall–Kier alpha value is -2.85. The lowest BCUT2D eigenvalue weighted by molar-refractivity contribution is -0.123.